The number of hydrogen-bond donors (Lipinski definition) is 2. The van der Waals surface area contributed by atoms with Gasteiger partial charge in [0.15, 0.2) is 0 Å². The van der Waals surface area contributed by atoms with Crippen LogP contribution in [0.2, 0.25) is 6.32 Å². The van der Waals surface area contributed by atoms with Gasteiger partial charge in [0.1, 0.15) is 5.54 Å². The van der Waals surface area contributed by atoms with Gasteiger partial charge in [0, 0.05) is 12.6 Å². The molecule has 120 valence electrons. The number of hydrogen-bond acceptors (Lipinski definition) is 5. The van der Waals surface area contributed by atoms with E-state index in [4.69, 9.17) is 10.4 Å². The van der Waals surface area contributed by atoms with E-state index in [2.05, 4.69) is 10.2 Å². The van der Waals surface area contributed by atoms with Crippen LogP contribution in [-0.4, -0.2) is 53.3 Å². The summed E-state index contributed by atoms with van der Waals surface area (Å²) in [6, 6.07) is -0.479. The van der Waals surface area contributed by atoms with Crippen molar-refractivity contribution in [2.45, 2.75) is 68.9 Å². The fourth-order valence-electron chi connectivity index (χ4n) is 5.15. The van der Waals surface area contributed by atoms with Crippen LogP contribution in [0.4, 0.5) is 0 Å². The Morgan fingerprint density at radius 1 is 1.50 bits per heavy atom. The Kier molecular flexibility index (Phi) is 2.95. The van der Waals surface area contributed by atoms with Crippen molar-refractivity contribution in [3.05, 3.63) is 0 Å². The third-order valence-electron chi connectivity index (χ3n) is 6.31. The molecule has 0 aromatic rings. The van der Waals surface area contributed by atoms with Gasteiger partial charge in [-0.2, -0.15) is 0 Å². The summed E-state index contributed by atoms with van der Waals surface area (Å²) in [5.74, 6) is -0.0660. The molecule has 4 rings (SSSR count). The van der Waals surface area contributed by atoms with Gasteiger partial charge in [0.25, 0.3) is 0 Å². The maximum absolute atomic E-state index is 12.5. The van der Waals surface area contributed by atoms with Gasteiger partial charge in [0.2, 0.25) is 5.91 Å². The zero-order valence-corrected chi connectivity index (χ0v) is 13.3. The van der Waals surface area contributed by atoms with E-state index in [1.54, 1.807) is 0 Å². The molecule has 0 saturated carbocycles. The number of nitrogens with one attached hydrogen (secondary N) is 1. The fourth-order valence-corrected chi connectivity index (χ4v) is 5.15. The first-order valence-electron chi connectivity index (χ1n) is 8.48. The molecule has 4 aliphatic rings. The molecule has 4 fully saturated rings. The molecule has 1 amide bonds. The van der Waals surface area contributed by atoms with Crippen LogP contribution in [0.5, 0.6) is 0 Å². The molecule has 3 N–H and O–H groups in total. The Morgan fingerprint density at radius 2 is 2.27 bits per heavy atom. The average molecular weight is 305 g/mol. The van der Waals surface area contributed by atoms with Gasteiger partial charge in [-0.3, -0.25) is 14.5 Å². The van der Waals surface area contributed by atoms with Crippen LogP contribution in [0.15, 0.2) is 0 Å². The third kappa shape index (κ3) is 1.54. The molecule has 5 atom stereocenters. The minimum absolute atomic E-state index is 0.0103. The lowest BCUT2D eigenvalue weighted by Crippen LogP contribution is -2.51. The van der Waals surface area contributed by atoms with Crippen LogP contribution in [0, 0.1) is 5.92 Å². The van der Waals surface area contributed by atoms with Crippen molar-refractivity contribution in [2.24, 2.45) is 11.7 Å². The van der Waals surface area contributed by atoms with Crippen LogP contribution >= 0.6 is 0 Å². The van der Waals surface area contributed by atoms with Gasteiger partial charge >= 0.3 is 12.9 Å². The lowest BCUT2D eigenvalue weighted by Gasteiger charge is -2.28. The number of carbonyl (C=O) groups is 2. The highest BCUT2D eigenvalue weighted by Crippen LogP contribution is 2.68. The van der Waals surface area contributed by atoms with Crippen molar-refractivity contribution in [1.82, 2.24) is 10.2 Å². The maximum Gasteiger partial charge on any atom is 0.384 e. The summed E-state index contributed by atoms with van der Waals surface area (Å²) < 4.78 is 5.64. The highest BCUT2D eigenvalue weighted by Gasteiger charge is 2.90. The molecule has 2 unspecified atom stereocenters. The molecule has 7 heteroatoms. The second kappa shape index (κ2) is 4.48. The molecule has 4 saturated heterocycles. The molecule has 6 nitrogen and oxygen atoms in total. The number of nitrogens with two attached hydrogens (primary N) is 1. The maximum atomic E-state index is 12.5. The van der Waals surface area contributed by atoms with E-state index in [0.29, 0.717) is 6.42 Å². The van der Waals surface area contributed by atoms with Crippen LogP contribution in [0.1, 0.15) is 39.5 Å². The van der Waals surface area contributed by atoms with Crippen molar-refractivity contribution in [2.75, 3.05) is 6.54 Å². The fraction of sp³-hybridized carbons (Fsp3) is 0.867. The SMILES string of the molecule is CC(C)[C@H](N)C(=O)N[C@H]1CN2C34CCCCB3OC(=O)[C@@]24C1. The van der Waals surface area contributed by atoms with Crippen LogP contribution < -0.4 is 11.1 Å². The standard InChI is InChI=1S/C15H24BN3O3/c1-9(2)11(17)12(20)18-10-7-14-13(21)22-16-6-4-3-5-15(14,16)19(14)8-10/h9-11H,3-8,17H2,1-2H3,(H,18,20)/t10-,11+,14-,15?,19?/m1/s1. The summed E-state index contributed by atoms with van der Waals surface area (Å²) >= 11 is 0. The predicted octanol–water partition coefficient (Wildman–Crippen LogP) is -0.0772. The first-order chi connectivity index (χ1) is 10.4. The first kappa shape index (κ1) is 14.5. The molecule has 0 aromatic heterocycles. The molecule has 0 aromatic carbocycles. The van der Waals surface area contributed by atoms with Crippen LogP contribution in [0.25, 0.3) is 0 Å². The number of piperidine rings is 1. The lowest BCUT2D eigenvalue weighted by atomic mass is 9.45. The second-order valence-corrected chi connectivity index (χ2v) is 7.71. The summed E-state index contributed by atoms with van der Waals surface area (Å²) in [4.78, 5) is 26.9. The molecular formula is C15H24BN3O3. The highest BCUT2D eigenvalue weighted by molar-refractivity contribution is 6.64. The third-order valence-corrected chi connectivity index (χ3v) is 6.31. The Labute approximate surface area is 131 Å². The van der Waals surface area contributed by atoms with Crippen molar-refractivity contribution < 1.29 is 14.2 Å². The van der Waals surface area contributed by atoms with Crippen molar-refractivity contribution in [1.29, 1.82) is 0 Å². The monoisotopic (exact) mass is 305 g/mol. The van der Waals surface area contributed by atoms with Crippen molar-refractivity contribution in [3.8, 4) is 0 Å². The summed E-state index contributed by atoms with van der Waals surface area (Å²) in [5, 5.41) is 3.03. The number of amides is 1. The van der Waals surface area contributed by atoms with E-state index >= 15 is 0 Å². The number of rotatable bonds is 3. The minimum atomic E-state index is -0.489. The molecular weight excluding hydrogens is 281 g/mol. The van der Waals surface area contributed by atoms with Crippen LogP contribution in [0.3, 0.4) is 0 Å². The molecule has 0 bridgehead atoms. The second-order valence-electron chi connectivity index (χ2n) is 7.71. The zero-order valence-electron chi connectivity index (χ0n) is 13.3. The minimum Gasteiger partial charge on any atom is -0.533 e. The average Bonchev–Trinajstić information content (AvgIpc) is 2.78. The van der Waals surface area contributed by atoms with Gasteiger partial charge in [-0.1, -0.05) is 26.7 Å². The Balaban J connectivity index is 1.47. The number of nitrogens with zero attached hydrogens (tertiary/aromatic N) is 1. The van der Waals surface area contributed by atoms with Crippen molar-refractivity contribution >= 4 is 18.8 Å². The molecule has 4 aliphatic heterocycles. The smallest absolute Gasteiger partial charge is 0.384 e. The predicted molar refractivity (Wildman–Crippen MR) is 82.0 cm³/mol. The molecule has 0 aliphatic carbocycles. The van der Waals surface area contributed by atoms with Gasteiger partial charge in [-0.15, -0.1) is 0 Å². The van der Waals surface area contributed by atoms with E-state index in [0.717, 1.165) is 25.7 Å². The lowest BCUT2D eigenvalue weighted by molar-refractivity contribution is -0.137. The summed E-state index contributed by atoms with van der Waals surface area (Å²) in [7, 11) is 0. The Hall–Kier alpha value is -1.08. The van der Waals surface area contributed by atoms with Gasteiger partial charge < -0.3 is 15.7 Å². The Bertz CT molecular complexity index is 542. The van der Waals surface area contributed by atoms with Crippen molar-refractivity contribution in [3.63, 3.8) is 0 Å². The summed E-state index contributed by atoms with van der Waals surface area (Å²) in [6.45, 7) is 4.70. The zero-order chi connectivity index (χ0) is 15.7. The topological polar surface area (TPSA) is 84.4 Å². The quantitative estimate of drug-likeness (QED) is 0.563. The summed E-state index contributed by atoms with van der Waals surface area (Å²) in [5.41, 5.74) is 5.41. The van der Waals surface area contributed by atoms with Crippen LogP contribution in [-0.2, 0) is 14.2 Å². The highest BCUT2D eigenvalue weighted by atomic mass is 16.5. The van der Waals surface area contributed by atoms with Gasteiger partial charge in [-0.25, -0.2) is 0 Å². The molecule has 0 radical (unpaired) electrons. The Morgan fingerprint density at radius 3 is 2.95 bits per heavy atom. The number of carbonyl (C=O) groups excluding carboxylic acids is 2. The molecule has 22 heavy (non-hydrogen) atoms. The van der Waals surface area contributed by atoms with E-state index < -0.39 is 11.6 Å². The van der Waals surface area contributed by atoms with E-state index in [1.165, 1.54) is 6.42 Å². The van der Waals surface area contributed by atoms with E-state index in [9.17, 15) is 9.59 Å². The normalized spacial score (nSPS) is 43.3. The first-order valence-corrected chi connectivity index (χ1v) is 8.48. The summed E-state index contributed by atoms with van der Waals surface area (Å²) in [6.07, 6.45) is 5.03. The largest absolute Gasteiger partial charge is 0.533 e. The van der Waals surface area contributed by atoms with Gasteiger partial charge in [-0.05, 0) is 25.1 Å². The van der Waals surface area contributed by atoms with Gasteiger partial charge in [0.05, 0.1) is 11.5 Å². The molecule has 2 spiro atoms. The van der Waals surface area contributed by atoms with E-state index in [-0.39, 0.29) is 36.2 Å². The van der Waals surface area contributed by atoms with E-state index in [1.807, 2.05) is 13.8 Å². The molecule has 4 heterocycles.